The third kappa shape index (κ3) is 2.25. The summed E-state index contributed by atoms with van der Waals surface area (Å²) in [6.45, 7) is 1.48. The molecule has 16 heavy (non-hydrogen) atoms. The molecule has 0 fully saturated rings. The normalized spacial score (nSPS) is 10.1. The topological polar surface area (TPSA) is 46.9 Å². The minimum Gasteiger partial charge on any atom is -0.326 e. The summed E-state index contributed by atoms with van der Waals surface area (Å²) in [4.78, 5) is 15.0. The number of hydrogen-bond acceptors (Lipinski definition) is 3. The van der Waals surface area contributed by atoms with Crippen molar-refractivity contribution in [1.82, 2.24) is 9.55 Å². The molecule has 5 heteroatoms. The summed E-state index contributed by atoms with van der Waals surface area (Å²) in [5, 5.41) is 3.34. The molecule has 1 N–H and O–H groups in total. The second kappa shape index (κ2) is 4.40. The Labute approximate surface area is 98.7 Å². The van der Waals surface area contributed by atoms with Gasteiger partial charge in [-0.05, 0) is 18.2 Å². The Kier molecular flexibility index (Phi) is 2.96. The SMILES string of the molecule is CC(=O)Nc1cccc(-n2ccnc2S)c1. The number of thiol groups is 1. The van der Waals surface area contributed by atoms with Gasteiger partial charge in [0.25, 0.3) is 0 Å². The van der Waals surface area contributed by atoms with Gasteiger partial charge < -0.3 is 5.32 Å². The summed E-state index contributed by atoms with van der Waals surface area (Å²) in [6.07, 6.45) is 3.49. The number of amides is 1. The summed E-state index contributed by atoms with van der Waals surface area (Å²) in [5.74, 6) is -0.0890. The van der Waals surface area contributed by atoms with Crippen molar-refractivity contribution in [3.05, 3.63) is 36.7 Å². The lowest BCUT2D eigenvalue weighted by atomic mass is 10.2. The summed E-state index contributed by atoms with van der Waals surface area (Å²) in [5.41, 5.74) is 1.67. The molecule has 0 saturated heterocycles. The van der Waals surface area contributed by atoms with Crippen LogP contribution in [0.2, 0.25) is 0 Å². The van der Waals surface area contributed by atoms with Crippen molar-refractivity contribution in [2.75, 3.05) is 5.32 Å². The van der Waals surface area contributed by atoms with Crippen LogP contribution in [0.3, 0.4) is 0 Å². The quantitative estimate of drug-likeness (QED) is 0.780. The van der Waals surface area contributed by atoms with E-state index in [4.69, 9.17) is 0 Å². The molecular formula is C11H11N3OS. The van der Waals surface area contributed by atoms with Crippen LogP contribution in [0.25, 0.3) is 5.69 Å². The van der Waals surface area contributed by atoms with E-state index in [-0.39, 0.29) is 5.91 Å². The number of rotatable bonds is 2. The van der Waals surface area contributed by atoms with Gasteiger partial charge in [-0.25, -0.2) is 4.98 Å². The zero-order valence-corrected chi connectivity index (χ0v) is 9.61. The Bertz CT molecular complexity index is 521. The molecule has 0 atom stereocenters. The van der Waals surface area contributed by atoms with Gasteiger partial charge in [-0.1, -0.05) is 6.07 Å². The number of nitrogens with zero attached hydrogens (tertiary/aromatic N) is 2. The fraction of sp³-hybridized carbons (Fsp3) is 0.0909. The van der Waals surface area contributed by atoms with Crippen LogP contribution < -0.4 is 5.32 Å². The van der Waals surface area contributed by atoms with Crippen LogP contribution in [0.5, 0.6) is 0 Å². The summed E-state index contributed by atoms with van der Waals surface area (Å²) in [6, 6.07) is 7.49. The number of carbonyl (C=O) groups excluding carboxylic acids is 1. The Balaban J connectivity index is 2.36. The van der Waals surface area contributed by atoms with Gasteiger partial charge in [-0.15, -0.1) is 12.6 Å². The average molecular weight is 233 g/mol. The van der Waals surface area contributed by atoms with E-state index >= 15 is 0 Å². The summed E-state index contributed by atoms with van der Waals surface area (Å²) < 4.78 is 1.83. The molecule has 0 radical (unpaired) electrons. The van der Waals surface area contributed by atoms with Gasteiger partial charge >= 0.3 is 0 Å². The molecule has 1 aromatic heterocycles. The van der Waals surface area contributed by atoms with Crippen molar-refractivity contribution >= 4 is 24.2 Å². The van der Waals surface area contributed by atoms with Gasteiger partial charge in [0.05, 0.1) is 0 Å². The third-order valence-corrected chi connectivity index (χ3v) is 2.40. The molecular weight excluding hydrogens is 222 g/mol. The standard InChI is InChI=1S/C11H11N3OS/c1-8(15)13-9-3-2-4-10(7-9)14-6-5-12-11(14)16/h2-7H,1H3,(H,12,16)(H,13,15). The van der Waals surface area contributed by atoms with E-state index in [2.05, 4.69) is 22.9 Å². The molecule has 0 saturated carbocycles. The first-order valence-electron chi connectivity index (χ1n) is 4.77. The van der Waals surface area contributed by atoms with Gasteiger partial charge in [0.2, 0.25) is 5.91 Å². The summed E-state index contributed by atoms with van der Waals surface area (Å²) >= 11 is 4.23. The maximum absolute atomic E-state index is 10.9. The fourth-order valence-electron chi connectivity index (χ4n) is 1.43. The molecule has 0 bridgehead atoms. The molecule has 0 aliphatic heterocycles. The maximum atomic E-state index is 10.9. The van der Waals surface area contributed by atoms with Crippen molar-refractivity contribution in [2.24, 2.45) is 0 Å². The van der Waals surface area contributed by atoms with Gasteiger partial charge in [-0.2, -0.15) is 0 Å². The van der Waals surface area contributed by atoms with Gasteiger partial charge in [-0.3, -0.25) is 9.36 Å². The van der Waals surface area contributed by atoms with Crippen LogP contribution in [-0.2, 0) is 4.79 Å². The maximum Gasteiger partial charge on any atom is 0.221 e. The number of anilines is 1. The van der Waals surface area contributed by atoms with E-state index in [9.17, 15) is 4.79 Å². The molecule has 1 amide bonds. The largest absolute Gasteiger partial charge is 0.326 e. The highest BCUT2D eigenvalue weighted by atomic mass is 32.1. The zero-order chi connectivity index (χ0) is 11.5. The van der Waals surface area contributed by atoms with E-state index in [0.29, 0.717) is 5.16 Å². The number of aromatic nitrogens is 2. The first kappa shape index (κ1) is 10.8. The molecule has 82 valence electrons. The number of nitrogens with one attached hydrogen (secondary N) is 1. The van der Waals surface area contributed by atoms with Crippen LogP contribution in [0, 0.1) is 0 Å². The highest BCUT2D eigenvalue weighted by Crippen LogP contribution is 2.17. The molecule has 1 heterocycles. The molecule has 2 aromatic rings. The first-order chi connectivity index (χ1) is 7.66. The highest BCUT2D eigenvalue weighted by Gasteiger charge is 2.02. The second-order valence-corrected chi connectivity index (χ2v) is 3.73. The predicted octanol–water partition coefficient (Wildman–Crippen LogP) is 2.12. The Hall–Kier alpha value is -1.75. The van der Waals surface area contributed by atoms with Crippen molar-refractivity contribution in [3.63, 3.8) is 0 Å². The van der Waals surface area contributed by atoms with Crippen molar-refractivity contribution in [2.45, 2.75) is 12.1 Å². The van der Waals surface area contributed by atoms with Crippen LogP contribution in [0.15, 0.2) is 41.8 Å². The smallest absolute Gasteiger partial charge is 0.221 e. The van der Waals surface area contributed by atoms with Crippen LogP contribution in [0.1, 0.15) is 6.92 Å². The van der Waals surface area contributed by atoms with Crippen molar-refractivity contribution < 1.29 is 4.79 Å². The third-order valence-electron chi connectivity index (χ3n) is 2.07. The number of hydrogen-bond donors (Lipinski definition) is 2. The van der Waals surface area contributed by atoms with E-state index < -0.39 is 0 Å². The lowest BCUT2D eigenvalue weighted by Gasteiger charge is -2.07. The molecule has 0 spiro atoms. The Morgan fingerprint density at radius 2 is 2.31 bits per heavy atom. The van der Waals surface area contributed by atoms with Crippen molar-refractivity contribution in [3.8, 4) is 5.69 Å². The molecule has 0 unspecified atom stereocenters. The summed E-state index contributed by atoms with van der Waals surface area (Å²) in [7, 11) is 0. The molecule has 2 rings (SSSR count). The number of benzene rings is 1. The number of imidazole rings is 1. The highest BCUT2D eigenvalue weighted by molar-refractivity contribution is 7.80. The lowest BCUT2D eigenvalue weighted by Crippen LogP contribution is -2.06. The Morgan fingerprint density at radius 3 is 2.94 bits per heavy atom. The minimum atomic E-state index is -0.0890. The van der Waals surface area contributed by atoms with Gasteiger partial charge in [0.15, 0.2) is 5.16 Å². The van der Waals surface area contributed by atoms with E-state index in [1.807, 2.05) is 35.0 Å². The molecule has 0 aliphatic rings. The first-order valence-corrected chi connectivity index (χ1v) is 5.22. The molecule has 1 aromatic carbocycles. The monoisotopic (exact) mass is 233 g/mol. The number of carbonyl (C=O) groups is 1. The predicted molar refractivity (Wildman–Crippen MR) is 65.1 cm³/mol. The van der Waals surface area contributed by atoms with E-state index in [1.165, 1.54) is 6.92 Å². The molecule has 4 nitrogen and oxygen atoms in total. The van der Waals surface area contributed by atoms with Crippen LogP contribution >= 0.6 is 12.6 Å². The molecule has 0 aliphatic carbocycles. The van der Waals surface area contributed by atoms with Crippen LogP contribution in [-0.4, -0.2) is 15.5 Å². The van der Waals surface area contributed by atoms with Gasteiger partial charge in [0, 0.05) is 30.7 Å². The minimum absolute atomic E-state index is 0.0890. The lowest BCUT2D eigenvalue weighted by molar-refractivity contribution is -0.114. The Morgan fingerprint density at radius 1 is 1.50 bits per heavy atom. The average Bonchev–Trinajstić information content (AvgIpc) is 2.64. The van der Waals surface area contributed by atoms with E-state index in [0.717, 1.165) is 11.4 Å². The van der Waals surface area contributed by atoms with Crippen molar-refractivity contribution in [1.29, 1.82) is 0 Å². The second-order valence-electron chi connectivity index (χ2n) is 3.33. The van der Waals surface area contributed by atoms with E-state index in [1.54, 1.807) is 6.20 Å². The van der Waals surface area contributed by atoms with Gasteiger partial charge in [0.1, 0.15) is 0 Å². The fourth-order valence-corrected chi connectivity index (χ4v) is 1.68. The zero-order valence-electron chi connectivity index (χ0n) is 8.71. The van der Waals surface area contributed by atoms with Crippen LogP contribution in [0.4, 0.5) is 5.69 Å².